The molecule has 1 N–H and O–H groups in total. The van der Waals surface area contributed by atoms with Crippen molar-refractivity contribution < 1.29 is 23.8 Å². The standard InChI is InChI=1S/C26H29NO5/c1-17-8-6-11-20(24(17)26(28)29)15-30-21-12-7-13-22(14-21)31-16-23-18(2)32-25(27-23)19-9-4-3-5-10-19/h3-6,8-11,21-22H,7,12-16H2,1-2H3,(H,28,29). The zero-order valence-electron chi connectivity index (χ0n) is 18.5. The topological polar surface area (TPSA) is 81.8 Å². The number of carboxylic acids is 1. The number of benzene rings is 2. The maximum atomic E-state index is 11.6. The molecular weight excluding hydrogens is 406 g/mol. The molecule has 6 heteroatoms. The van der Waals surface area contributed by atoms with Crippen LogP contribution >= 0.6 is 0 Å². The van der Waals surface area contributed by atoms with E-state index in [0.29, 0.717) is 30.2 Å². The first-order chi connectivity index (χ1) is 15.5. The molecule has 4 rings (SSSR count). The van der Waals surface area contributed by atoms with Crippen molar-refractivity contribution in [2.75, 3.05) is 0 Å². The van der Waals surface area contributed by atoms with Crippen LogP contribution < -0.4 is 0 Å². The van der Waals surface area contributed by atoms with Crippen molar-refractivity contribution in [3.8, 4) is 11.5 Å². The van der Waals surface area contributed by atoms with Gasteiger partial charge >= 0.3 is 5.97 Å². The van der Waals surface area contributed by atoms with Crippen LogP contribution in [0.5, 0.6) is 0 Å². The summed E-state index contributed by atoms with van der Waals surface area (Å²) >= 11 is 0. The number of hydrogen-bond donors (Lipinski definition) is 1. The number of rotatable bonds is 8. The minimum atomic E-state index is -0.913. The molecule has 168 valence electrons. The lowest BCUT2D eigenvalue weighted by atomic mass is 9.94. The number of ether oxygens (including phenoxy) is 2. The molecule has 6 nitrogen and oxygen atoms in total. The van der Waals surface area contributed by atoms with Gasteiger partial charge in [-0.25, -0.2) is 9.78 Å². The van der Waals surface area contributed by atoms with E-state index in [9.17, 15) is 9.90 Å². The minimum absolute atomic E-state index is 0.0502. The quantitative estimate of drug-likeness (QED) is 0.489. The predicted octanol–water partition coefficient (Wildman–Crippen LogP) is 5.70. The van der Waals surface area contributed by atoms with Crippen molar-refractivity contribution >= 4 is 5.97 Å². The van der Waals surface area contributed by atoms with Crippen LogP contribution in [0.3, 0.4) is 0 Å². The zero-order valence-corrected chi connectivity index (χ0v) is 18.5. The van der Waals surface area contributed by atoms with Gasteiger partial charge in [0.05, 0.1) is 31.0 Å². The zero-order chi connectivity index (χ0) is 22.5. The largest absolute Gasteiger partial charge is 0.478 e. The molecule has 0 spiro atoms. The maximum absolute atomic E-state index is 11.6. The smallest absolute Gasteiger partial charge is 0.336 e. The molecule has 3 aromatic rings. The molecule has 0 aliphatic heterocycles. The molecular formula is C26H29NO5. The van der Waals surface area contributed by atoms with Crippen molar-refractivity contribution in [1.29, 1.82) is 0 Å². The van der Waals surface area contributed by atoms with Crippen molar-refractivity contribution in [2.24, 2.45) is 0 Å². The van der Waals surface area contributed by atoms with Crippen molar-refractivity contribution in [1.82, 2.24) is 4.98 Å². The molecule has 0 radical (unpaired) electrons. The first-order valence-corrected chi connectivity index (χ1v) is 11.1. The van der Waals surface area contributed by atoms with Crippen molar-refractivity contribution in [3.05, 3.63) is 76.7 Å². The van der Waals surface area contributed by atoms with E-state index in [4.69, 9.17) is 13.9 Å². The van der Waals surface area contributed by atoms with Crippen LogP contribution in [0.1, 0.15) is 58.6 Å². The highest BCUT2D eigenvalue weighted by Crippen LogP contribution is 2.27. The second-order valence-corrected chi connectivity index (χ2v) is 8.33. The number of aromatic carboxylic acids is 1. The van der Waals surface area contributed by atoms with Crippen LogP contribution in [0, 0.1) is 13.8 Å². The van der Waals surface area contributed by atoms with Gasteiger partial charge in [-0.1, -0.05) is 36.4 Å². The first-order valence-electron chi connectivity index (χ1n) is 11.1. The lowest BCUT2D eigenvalue weighted by molar-refractivity contribution is -0.0564. The second-order valence-electron chi connectivity index (χ2n) is 8.33. The number of aromatic nitrogens is 1. The normalized spacial score (nSPS) is 18.6. The van der Waals surface area contributed by atoms with Crippen LogP contribution in [0.25, 0.3) is 11.5 Å². The van der Waals surface area contributed by atoms with E-state index in [1.807, 2.05) is 62.4 Å². The molecule has 1 aliphatic carbocycles. The van der Waals surface area contributed by atoms with E-state index in [1.54, 1.807) is 0 Å². The Kier molecular flexibility index (Phi) is 7.02. The van der Waals surface area contributed by atoms with Gasteiger partial charge in [0.2, 0.25) is 5.89 Å². The summed E-state index contributed by atoms with van der Waals surface area (Å²) in [7, 11) is 0. The summed E-state index contributed by atoms with van der Waals surface area (Å²) in [4.78, 5) is 16.2. The average molecular weight is 436 g/mol. The first kappa shape index (κ1) is 22.2. The Morgan fingerprint density at radius 3 is 2.47 bits per heavy atom. The van der Waals surface area contributed by atoms with Gasteiger partial charge in [-0.15, -0.1) is 0 Å². The molecule has 0 saturated heterocycles. The van der Waals surface area contributed by atoms with Gasteiger partial charge in [-0.3, -0.25) is 0 Å². The SMILES string of the molecule is Cc1cccc(COC2CCCC(OCc3nc(-c4ccccc4)oc3C)C2)c1C(=O)O. The Balaban J connectivity index is 1.32. The Labute approximate surface area is 188 Å². The molecule has 2 unspecified atom stereocenters. The van der Waals surface area contributed by atoms with Crippen LogP contribution in [0.4, 0.5) is 0 Å². The van der Waals surface area contributed by atoms with Crippen molar-refractivity contribution in [3.63, 3.8) is 0 Å². The summed E-state index contributed by atoms with van der Waals surface area (Å²) in [5, 5.41) is 9.51. The summed E-state index contributed by atoms with van der Waals surface area (Å²) in [6, 6.07) is 15.3. The van der Waals surface area contributed by atoms with Crippen LogP contribution in [-0.4, -0.2) is 28.3 Å². The van der Waals surface area contributed by atoms with Gasteiger partial charge in [0.1, 0.15) is 11.5 Å². The van der Waals surface area contributed by atoms with Crippen LogP contribution in [-0.2, 0) is 22.7 Å². The molecule has 0 amide bonds. The molecule has 0 bridgehead atoms. The molecule has 1 saturated carbocycles. The fraction of sp³-hybridized carbons (Fsp3) is 0.385. The monoisotopic (exact) mass is 435 g/mol. The summed E-state index contributed by atoms with van der Waals surface area (Å²) in [5.74, 6) is 0.469. The second kappa shape index (κ2) is 10.1. The highest BCUT2D eigenvalue weighted by molar-refractivity contribution is 5.91. The van der Waals surface area contributed by atoms with Crippen LogP contribution in [0.15, 0.2) is 52.9 Å². The van der Waals surface area contributed by atoms with Crippen LogP contribution in [0.2, 0.25) is 0 Å². The highest BCUT2D eigenvalue weighted by atomic mass is 16.5. The van der Waals surface area contributed by atoms with Gasteiger partial charge in [0.15, 0.2) is 0 Å². The molecule has 32 heavy (non-hydrogen) atoms. The summed E-state index contributed by atoms with van der Waals surface area (Å²) in [6.07, 6.45) is 3.87. The van der Waals surface area contributed by atoms with Crippen molar-refractivity contribution in [2.45, 2.75) is 65.0 Å². The lowest BCUT2D eigenvalue weighted by Crippen LogP contribution is -2.28. The molecule has 1 aromatic heterocycles. The van der Waals surface area contributed by atoms with E-state index < -0.39 is 5.97 Å². The Bertz CT molecular complexity index is 1060. The summed E-state index contributed by atoms with van der Waals surface area (Å²) in [5.41, 5.74) is 3.57. The molecule has 1 heterocycles. The molecule has 2 aromatic carbocycles. The van der Waals surface area contributed by atoms with E-state index in [0.717, 1.165) is 48.3 Å². The number of carboxylic acid groups (broad SMARTS) is 1. The van der Waals surface area contributed by atoms with E-state index in [2.05, 4.69) is 4.98 Å². The Morgan fingerprint density at radius 2 is 1.75 bits per heavy atom. The molecule has 2 atom stereocenters. The van der Waals surface area contributed by atoms with E-state index >= 15 is 0 Å². The average Bonchev–Trinajstić information content (AvgIpc) is 3.17. The third-order valence-corrected chi connectivity index (χ3v) is 5.99. The number of nitrogens with zero attached hydrogens (tertiary/aromatic N) is 1. The lowest BCUT2D eigenvalue weighted by Gasteiger charge is -2.29. The fourth-order valence-electron chi connectivity index (χ4n) is 4.23. The van der Waals surface area contributed by atoms with E-state index in [-0.39, 0.29) is 12.2 Å². The summed E-state index contributed by atoms with van der Waals surface area (Å²) < 4.78 is 18.1. The van der Waals surface area contributed by atoms with Gasteiger partial charge < -0.3 is 19.0 Å². The molecule has 1 fully saturated rings. The minimum Gasteiger partial charge on any atom is -0.478 e. The predicted molar refractivity (Wildman–Crippen MR) is 120 cm³/mol. The third-order valence-electron chi connectivity index (χ3n) is 5.99. The van der Waals surface area contributed by atoms with E-state index in [1.165, 1.54) is 0 Å². The summed E-state index contributed by atoms with van der Waals surface area (Å²) in [6.45, 7) is 4.42. The Hall–Kier alpha value is -2.96. The van der Waals surface area contributed by atoms with Gasteiger partial charge in [0, 0.05) is 5.56 Å². The number of oxazole rings is 1. The van der Waals surface area contributed by atoms with Gasteiger partial charge in [0.25, 0.3) is 0 Å². The van der Waals surface area contributed by atoms with Gasteiger partial charge in [-0.2, -0.15) is 0 Å². The number of aryl methyl sites for hydroxylation is 2. The number of hydrogen-bond acceptors (Lipinski definition) is 5. The van der Waals surface area contributed by atoms with Gasteiger partial charge in [-0.05, 0) is 62.8 Å². The third kappa shape index (κ3) is 5.26. The maximum Gasteiger partial charge on any atom is 0.336 e. The fourth-order valence-corrected chi connectivity index (χ4v) is 4.23. The molecule has 1 aliphatic rings. The Morgan fingerprint density at radius 1 is 1.03 bits per heavy atom. The highest BCUT2D eigenvalue weighted by Gasteiger charge is 2.25. The number of carbonyl (C=O) groups is 1.